The van der Waals surface area contributed by atoms with Crippen LogP contribution in [0, 0.1) is 5.82 Å². The van der Waals surface area contributed by atoms with Gasteiger partial charge in [0.2, 0.25) is 0 Å². The summed E-state index contributed by atoms with van der Waals surface area (Å²) in [5, 5.41) is 0. The molecule has 2 heterocycles. The second kappa shape index (κ2) is 6.36. The maximum absolute atomic E-state index is 13.1. The summed E-state index contributed by atoms with van der Waals surface area (Å²) in [5.74, 6) is 0.311. The number of anilines is 1. The minimum atomic E-state index is -0.320. The van der Waals surface area contributed by atoms with Gasteiger partial charge in [0, 0.05) is 23.6 Å². The number of carbonyl (C=O) groups is 1. The Morgan fingerprint density at radius 1 is 1.04 bits per heavy atom. The highest BCUT2D eigenvalue weighted by atomic mass is 19.1. The molecule has 0 saturated heterocycles. The van der Waals surface area contributed by atoms with E-state index in [-0.39, 0.29) is 11.7 Å². The quantitative estimate of drug-likeness (QED) is 0.725. The van der Waals surface area contributed by atoms with E-state index in [1.54, 1.807) is 41.6 Å². The first-order valence-electron chi connectivity index (χ1n) is 7.93. The van der Waals surface area contributed by atoms with Crippen LogP contribution >= 0.6 is 0 Å². The molecule has 25 heavy (non-hydrogen) atoms. The Kier molecular flexibility index (Phi) is 3.90. The zero-order valence-electron chi connectivity index (χ0n) is 13.4. The lowest BCUT2D eigenvalue weighted by Gasteiger charge is -2.15. The summed E-state index contributed by atoms with van der Waals surface area (Å²) in [6, 6.07) is 15.2. The first-order chi connectivity index (χ1) is 12.2. The van der Waals surface area contributed by atoms with Crippen LogP contribution in [0.4, 0.5) is 10.1 Å². The monoisotopic (exact) mass is 334 g/mol. The van der Waals surface area contributed by atoms with Crippen LogP contribution in [0.25, 0.3) is 0 Å². The molecule has 4 nitrogen and oxygen atoms in total. The van der Waals surface area contributed by atoms with Crippen molar-refractivity contribution in [1.29, 1.82) is 0 Å². The number of hydrogen-bond acceptors (Lipinski definition) is 3. The Labute approximate surface area is 144 Å². The van der Waals surface area contributed by atoms with Crippen LogP contribution in [0.3, 0.4) is 0 Å². The van der Waals surface area contributed by atoms with Gasteiger partial charge in [-0.2, -0.15) is 0 Å². The first kappa shape index (κ1) is 15.3. The minimum absolute atomic E-state index is 0.0812. The largest absolute Gasteiger partial charge is 0.489 e. The molecular formula is C20H15FN2O2. The van der Waals surface area contributed by atoms with Gasteiger partial charge in [0.25, 0.3) is 5.91 Å². The number of rotatable bonds is 4. The van der Waals surface area contributed by atoms with Crippen molar-refractivity contribution in [2.45, 2.75) is 13.2 Å². The molecule has 0 spiro atoms. The Morgan fingerprint density at radius 3 is 2.56 bits per heavy atom. The number of halogens is 1. The van der Waals surface area contributed by atoms with E-state index in [4.69, 9.17) is 4.74 Å². The normalized spacial score (nSPS) is 13.0. The Hall–Kier alpha value is -3.21. The minimum Gasteiger partial charge on any atom is -0.489 e. The molecule has 3 aromatic rings. The standard InChI is InChI=1S/C20H15FN2O2/c21-16-1-3-17(4-2-16)23-12-15-11-18(5-6-19(15)20(23)24)25-13-14-7-9-22-10-8-14/h1-11H,12-13H2. The summed E-state index contributed by atoms with van der Waals surface area (Å²) in [7, 11) is 0. The average Bonchev–Trinajstić information content (AvgIpc) is 2.98. The molecule has 1 aromatic heterocycles. The van der Waals surface area contributed by atoms with E-state index in [0.717, 1.165) is 11.1 Å². The molecule has 0 bridgehead atoms. The molecule has 0 fully saturated rings. The van der Waals surface area contributed by atoms with Gasteiger partial charge < -0.3 is 9.64 Å². The summed E-state index contributed by atoms with van der Waals surface area (Å²) >= 11 is 0. The average molecular weight is 334 g/mol. The zero-order chi connectivity index (χ0) is 17.2. The summed E-state index contributed by atoms with van der Waals surface area (Å²) in [5.41, 5.74) is 3.27. The maximum Gasteiger partial charge on any atom is 0.258 e. The Bertz CT molecular complexity index is 911. The number of carbonyl (C=O) groups excluding carboxylic acids is 1. The van der Waals surface area contributed by atoms with Gasteiger partial charge in [-0.05, 0) is 65.7 Å². The number of fused-ring (bicyclic) bond motifs is 1. The first-order valence-corrected chi connectivity index (χ1v) is 7.93. The SMILES string of the molecule is O=C1c2ccc(OCc3ccncc3)cc2CN1c1ccc(F)cc1. The Balaban J connectivity index is 1.52. The van der Waals surface area contributed by atoms with E-state index in [1.165, 1.54) is 12.1 Å². The van der Waals surface area contributed by atoms with E-state index in [1.807, 2.05) is 18.2 Å². The molecule has 0 N–H and O–H groups in total. The second-order valence-corrected chi connectivity index (χ2v) is 5.83. The second-order valence-electron chi connectivity index (χ2n) is 5.83. The highest BCUT2D eigenvalue weighted by Gasteiger charge is 2.28. The lowest BCUT2D eigenvalue weighted by atomic mass is 10.1. The molecular weight excluding hydrogens is 319 g/mol. The smallest absolute Gasteiger partial charge is 0.258 e. The third kappa shape index (κ3) is 3.08. The molecule has 4 rings (SSSR count). The van der Waals surface area contributed by atoms with Crippen LogP contribution in [0.2, 0.25) is 0 Å². The summed E-state index contributed by atoms with van der Waals surface area (Å²) in [6.07, 6.45) is 3.45. The molecule has 0 saturated carbocycles. The molecule has 0 aliphatic carbocycles. The molecule has 0 radical (unpaired) electrons. The summed E-state index contributed by atoms with van der Waals surface area (Å²) in [6.45, 7) is 0.892. The summed E-state index contributed by atoms with van der Waals surface area (Å²) < 4.78 is 18.9. The van der Waals surface area contributed by atoms with Crippen LogP contribution in [0.5, 0.6) is 5.75 Å². The van der Waals surface area contributed by atoms with Crippen molar-refractivity contribution < 1.29 is 13.9 Å². The lowest BCUT2D eigenvalue weighted by molar-refractivity contribution is 0.0996. The van der Waals surface area contributed by atoms with E-state index in [0.29, 0.717) is 30.2 Å². The van der Waals surface area contributed by atoms with E-state index in [2.05, 4.69) is 4.98 Å². The molecule has 0 atom stereocenters. The molecule has 124 valence electrons. The van der Waals surface area contributed by atoms with Crippen molar-refractivity contribution in [1.82, 2.24) is 4.98 Å². The van der Waals surface area contributed by atoms with Crippen molar-refractivity contribution in [2.24, 2.45) is 0 Å². The van der Waals surface area contributed by atoms with Gasteiger partial charge in [0.1, 0.15) is 18.2 Å². The van der Waals surface area contributed by atoms with Crippen LogP contribution < -0.4 is 9.64 Å². The predicted octanol–water partition coefficient (Wildman–Crippen LogP) is 3.96. The van der Waals surface area contributed by atoms with Crippen molar-refractivity contribution in [3.63, 3.8) is 0 Å². The number of ether oxygens (including phenoxy) is 1. The van der Waals surface area contributed by atoms with Gasteiger partial charge >= 0.3 is 0 Å². The van der Waals surface area contributed by atoms with E-state index < -0.39 is 0 Å². The number of benzene rings is 2. The summed E-state index contributed by atoms with van der Waals surface area (Å²) in [4.78, 5) is 18.2. The van der Waals surface area contributed by atoms with Crippen molar-refractivity contribution in [3.8, 4) is 5.75 Å². The molecule has 1 amide bonds. The third-order valence-electron chi connectivity index (χ3n) is 4.17. The molecule has 5 heteroatoms. The topological polar surface area (TPSA) is 42.4 Å². The zero-order valence-corrected chi connectivity index (χ0v) is 13.4. The van der Waals surface area contributed by atoms with Crippen molar-refractivity contribution in [2.75, 3.05) is 4.90 Å². The third-order valence-corrected chi connectivity index (χ3v) is 4.17. The van der Waals surface area contributed by atoms with Crippen LogP contribution in [0.1, 0.15) is 21.5 Å². The Morgan fingerprint density at radius 2 is 1.80 bits per heavy atom. The van der Waals surface area contributed by atoms with Crippen LogP contribution in [0.15, 0.2) is 67.0 Å². The molecule has 1 aliphatic heterocycles. The van der Waals surface area contributed by atoms with Gasteiger partial charge in [-0.25, -0.2) is 4.39 Å². The fraction of sp³-hybridized carbons (Fsp3) is 0.100. The highest BCUT2D eigenvalue weighted by Crippen LogP contribution is 2.31. The molecule has 1 aliphatic rings. The van der Waals surface area contributed by atoms with Gasteiger partial charge in [0.05, 0.1) is 6.54 Å². The van der Waals surface area contributed by atoms with Crippen molar-refractivity contribution >= 4 is 11.6 Å². The molecule has 0 unspecified atom stereocenters. The van der Waals surface area contributed by atoms with Gasteiger partial charge in [-0.3, -0.25) is 9.78 Å². The number of amides is 1. The molecule has 2 aromatic carbocycles. The van der Waals surface area contributed by atoms with Gasteiger partial charge in [-0.1, -0.05) is 0 Å². The maximum atomic E-state index is 13.1. The predicted molar refractivity (Wildman–Crippen MR) is 91.9 cm³/mol. The van der Waals surface area contributed by atoms with E-state index in [9.17, 15) is 9.18 Å². The number of hydrogen-bond donors (Lipinski definition) is 0. The lowest BCUT2D eigenvalue weighted by Crippen LogP contribution is -2.22. The van der Waals surface area contributed by atoms with Crippen LogP contribution in [-0.2, 0) is 13.2 Å². The number of nitrogens with zero attached hydrogens (tertiary/aromatic N) is 2. The number of aromatic nitrogens is 1. The van der Waals surface area contributed by atoms with Crippen molar-refractivity contribution in [3.05, 3.63) is 89.5 Å². The van der Waals surface area contributed by atoms with E-state index >= 15 is 0 Å². The van der Waals surface area contributed by atoms with Gasteiger partial charge in [-0.15, -0.1) is 0 Å². The fourth-order valence-corrected chi connectivity index (χ4v) is 2.86. The fourth-order valence-electron chi connectivity index (χ4n) is 2.86. The highest BCUT2D eigenvalue weighted by molar-refractivity contribution is 6.10. The van der Waals surface area contributed by atoms with Crippen LogP contribution in [-0.4, -0.2) is 10.9 Å². The van der Waals surface area contributed by atoms with Gasteiger partial charge in [0.15, 0.2) is 0 Å². The number of pyridine rings is 1.